The molecule has 1 unspecified atom stereocenters. The predicted molar refractivity (Wildman–Crippen MR) is 139 cm³/mol. The van der Waals surface area contributed by atoms with Gasteiger partial charge in [-0.25, -0.2) is 0 Å². The van der Waals surface area contributed by atoms with Crippen molar-refractivity contribution < 1.29 is 19.5 Å². The number of benzene rings is 3. The average molecular weight is 487 g/mol. The van der Waals surface area contributed by atoms with Crippen molar-refractivity contribution in [3.63, 3.8) is 0 Å². The minimum absolute atomic E-state index is 0.0136. The third-order valence-corrected chi connectivity index (χ3v) is 6.38. The van der Waals surface area contributed by atoms with Crippen molar-refractivity contribution in [2.75, 3.05) is 36.8 Å². The molecule has 0 bridgehead atoms. The number of nitrogens with one attached hydrogen (secondary N) is 1. The summed E-state index contributed by atoms with van der Waals surface area (Å²) in [5.41, 5.74) is 10.4. The second kappa shape index (κ2) is 10.9. The number of carbonyl (C=O) groups excluding carboxylic acids is 2. The van der Waals surface area contributed by atoms with Crippen LogP contribution in [-0.2, 0) is 4.79 Å². The number of hydrogen-bond acceptors (Lipinski definition) is 5. The molecule has 1 saturated heterocycles. The summed E-state index contributed by atoms with van der Waals surface area (Å²) in [6.07, 6.45) is -0.228. The highest BCUT2D eigenvalue weighted by Crippen LogP contribution is 2.27. The van der Waals surface area contributed by atoms with Crippen molar-refractivity contribution >= 4 is 29.2 Å². The quantitative estimate of drug-likeness (QED) is 0.441. The van der Waals surface area contributed by atoms with Gasteiger partial charge >= 0.3 is 5.97 Å². The van der Waals surface area contributed by atoms with Crippen LogP contribution in [0, 0.1) is 6.92 Å². The summed E-state index contributed by atoms with van der Waals surface area (Å²) in [5.74, 6) is -1.38. The summed E-state index contributed by atoms with van der Waals surface area (Å²) >= 11 is 0. The average Bonchev–Trinajstić information content (AvgIpc) is 2.88. The Morgan fingerprint density at radius 3 is 2.19 bits per heavy atom. The highest BCUT2D eigenvalue weighted by Gasteiger charge is 2.24. The van der Waals surface area contributed by atoms with Gasteiger partial charge in [-0.3, -0.25) is 14.4 Å². The van der Waals surface area contributed by atoms with E-state index >= 15 is 0 Å². The molecule has 0 aliphatic carbocycles. The third-order valence-electron chi connectivity index (χ3n) is 6.38. The first-order chi connectivity index (χ1) is 17.3. The second-order valence-electron chi connectivity index (χ2n) is 8.95. The maximum Gasteiger partial charge on any atom is 0.305 e. The zero-order chi connectivity index (χ0) is 25.7. The van der Waals surface area contributed by atoms with Crippen molar-refractivity contribution in [2.45, 2.75) is 19.4 Å². The Labute approximate surface area is 210 Å². The molecule has 8 nitrogen and oxygen atoms in total. The van der Waals surface area contributed by atoms with Gasteiger partial charge in [0.1, 0.15) is 0 Å². The topological polar surface area (TPSA) is 116 Å². The van der Waals surface area contributed by atoms with E-state index in [2.05, 4.69) is 10.2 Å². The molecule has 0 spiro atoms. The molecule has 3 aromatic carbocycles. The van der Waals surface area contributed by atoms with Crippen molar-refractivity contribution in [3.8, 4) is 0 Å². The summed E-state index contributed by atoms with van der Waals surface area (Å²) in [5, 5.41) is 12.2. The Morgan fingerprint density at radius 2 is 1.58 bits per heavy atom. The lowest BCUT2D eigenvalue weighted by atomic mass is 10.0. The van der Waals surface area contributed by atoms with Crippen molar-refractivity contribution in [2.24, 2.45) is 0 Å². The van der Waals surface area contributed by atoms with Gasteiger partial charge in [0.15, 0.2) is 0 Å². The second-order valence-corrected chi connectivity index (χ2v) is 8.95. The van der Waals surface area contributed by atoms with Gasteiger partial charge < -0.3 is 26.0 Å². The Bertz CT molecular complexity index is 1240. The van der Waals surface area contributed by atoms with E-state index in [0.717, 1.165) is 16.8 Å². The van der Waals surface area contributed by atoms with E-state index in [4.69, 9.17) is 5.73 Å². The lowest BCUT2D eigenvalue weighted by Crippen LogP contribution is -2.49. The molecule has 1 atom stereocenters. The molecule has 186 valence electrons. The first kappa shape index (κ1) is 24.8. The number of carbonyl (C=O) groups is 3. The van der Waals surface area contributed by atoms with Gasteiger partial charge in [0.2, 0.25) is 0 Å². The van der Waals surface area contributed by atoms with E-state index in [1.54, 1.807) is 18.2 Å². The van der Waals surface area contributed by atoms with Crippen LogP contribution < -0.4 is 16.0 Å². The molecule has 36 heavy (non-hydrogen) atoms. The number of rotatable bonds is 7. The van der Waals surface area contributed by atoms with Crippen LogP contribution in [0.25, 0.3) is 0 Å². The van der Waals surface area contributed by atoms with E-state index in [-0.39, 0.29) is 12.3 Å². The standard InChI is InChI=1S/C28H30N4O4/c1-19-7-9-20(10-8-19)24(18-26(33)34)30-27(35)22-11-12-25(23(29)17-22)31-13-15-32(16-14-31)28(36)21-5-3-2-4-6-21/h2-12,17,24H,13-16,18,29H2,1H3,(H,30,35)(H,33,34). The van der Waals surface area contributed by atoms with Crippen molar-refractivity contribution in [3.05, 3.63) is 95.1 Å². The zero-order valence-corrected chi connectivity index (χ0v) is 20.2. The summed E-state index contributed by atoms with van der Waals surface area (Å²) < 4.78 is 0. The fourth-order valence-corrected chi connectivity index (χ4v) is 4.36. The van der Waals surface area contributed by atoms with Gasteiger partial charge in [-0.1, -0.05) is 48.0 Å². The van der Waals surface area contributed by atoms with Crippen LogP contribution >= 0.6 is 0 Å². The molecule has 4 rings (SSSR count). The largest absolute Gasteiger partial charge is 0.481 e. The molecule has 0 radical (unpaired) electrons. The Kier molecular flexibility index (Phi) is 7.53. The number of anilines is 2. The monoisotopic (exact) mass is 486 g/mol. The molecule has 1 aliphatic heterocycles. The van der Waals surface area contributed by atoms with Gasteiger partial charge in [-0.15, -0.1) is 0 Å². The molecule has 1 aliphatic rings. The Morgan fingerprint density at radius 1 is 0.917 bits per heavy atom. The van der Waals surface area contributed by atoms with E-state index in [1.165, 1.54) is 0 Å². The van der Waals surface area contributed by atoms with Crippen molar-refractivity contribution in [1.29, 1.82) is 0 Å². The van der Waals surface area contributed by atoms with Crippen LogP contribution in [0.15, 0.2) is 72.8 Å². The number of nitrogens with zero attached hydrogens (tertiary/aromatic N) is 2. The summed E-state index contributed by atoms with van der Waals surface area (Å²) in [4.78, 5) is 41.0. The van der Waals surface area contributed by atoms with Gasteiger partial charge in [0.25, 0.3) is 11.8 Å². The zero-order valence-electron chi connectivity index (χ0n) is 20.2. The third kappa shape index (κ3) is 5.83. The number of amides is 2. The van der Waals surface area contributed by atoms with Crippen LogP contribution in [0.2, 0.25) is 0 Å². The fraction of sp³-hybridized carbons (Fsp3) is 0.250. The molecule has 8 heteroatoms. The molecular weight excluding hydrogens is 456 g/mol. The lowest BCUT2D eigenvalue weighted by molar-refractivity contribution is -0.137. The van der Waals surface area contributed by atoms with Crippen LogP contribution in [-0.4, -0.2) is 54.0 Å². The maximum absolute atomic E-state index is 13.0. The number of aryl methyl sites for hydroxylation is 1. The fourth-order valence-electron chi connectivity index (χ4n) is 4.36. The molecule has 3 aromatic rings. The molecule has 0 saturated carbocycles. The van der Waals surface area contributed by atoms with E-state index in [1.807, 2.05) is 66.4 Å². The van der Waals surface area contributed by atoms with E-state index in [9.17, 15) is 19.5 Å². The Balaban J connectivity index is 1.41. The summed E-state index contributed by atoms with van der Waals surface area (Å²) in [6, 6.07) is 21.1. The number of hydrogen-bond donors (Lipinski definition) is 3. The predicted octanol–water partition coefficient (Wildman–Crippen LogP) is 3.49. The number of nitrogens with two attached hydrogens (primary N) is 1. The van der Waals surface area contributed by atoms with E-state index in [0.29, 0.717) is 43.0 Å². The normalized spacial score (nSPS) is 14.2. The number of carboxylic acids is 1. The van der Waals surface area contributed by atoms with Gasteiger partial charge in [0, 0.05) is 37.3 Å². The SMILES string of the molecule is Cc1ccc(C(CC(=O)O)NC(=O)c2ccc(N3CCN(C(=O)c4ccccc4)CC3)c(N)c2)cc1. The molecule has 1 fully saturated rings. The lowest BCUT2D eigenvalue weighted by Gasteiger charge is -2.36. The molecule has 1 heterocycles. The molecule has 4 N–H and O–H groups in total. The number of aliphatic carboxylic acids is 1. The minimum Gasteiger partial charge on any atom is -0.481 e. The van der Waals surface area contributed by atoms with E-state index < -0.39 is 17.9 Å². The summed E-state index contributed by atoms with van der Waals surface area (Å²) in [7, 11) is 0. The molecular formula is C28H30N4O4. The smallest absolute Gasteiger partial charge is 0.305 e. The maximum atomic E-state index is 13.0. The van der Waals surface area contributed by atoms with Gasteiger partial charge in [-0.2, -0.15) is 0 Å². The highest BCUT2D eigenvalue weighted by atomic mass is 16.4. The minimum atomic E-state index is -0.999. The molecule has 0 aromatic heterocycles. The van der Waals surface area contributed by atoms with Gasteiger partial charge in [0.05, 0.1) is 23.8 Å². The Hall–Kier alpha value is -4.33. The number of carboxylic acid groups (broad SMARTS) is 1. The number of nitrogen functional groups attached to an aromatic ring is 1. The van der Waals surface area contributed by atoms with Crippen molar-refractivity contribution in [1.82, 2.24) is 10.2 Å². The van der Waals surface area contributed by atoms with Crippen LogP contribution in [0.3, 0.4) is 0 Å². The van der Waals surface area contributed by atoms with Crippen LogP contribution in [0.5, 0.6) is 0 Å². The number of piperazine rings is 1. The highest BCUT2D eigenvalue weighted by molar-refractivity contribution is 5.97. The van der Waals surface area contributed by atoms with Gasteiger partial charge in [-0.05, 0) is 42.8 Å². The first-order valence-electron chi connectivity index (χ1n) is 11.9. The molecule has 2 amide bonds. The first-order valence-corrected chi connectivity index (χ1v) is 11.9. The van der Waals surface area contributed by atoms with Crippen LogP contribution in [0.1, 0.15) is 44.3 Å². The van der Waals surface area contributed by atoms with Crippen LogP contribution in [0.4, 0.5) is 11.4 Å². The summed E-state index contributed by atoms with van der Waals surface area (Å²) in [6.45, 7) is 4.34.